The van der Waals surface area contributed by atoms with Crippen molar-refractivity contribution in [2.24, 2.45) is 0 Å². The lowest BCUT2D eigenvalue weighted by Gasteiger charge is -2.16. The van der Waals surface area contributed by atoms with Crippen molar-refractivity contribution in [1.29, 1.82) is 0 Å². The number of carbonyl (C=O) groups is 2. The summed E-state index contributed by atoms with van der Waals surface area (Å²) >= 11 is 5.96. The SMILES string of the molecule is Cc1ccc(Cl)cc1NC(=O)C(C)NC(=O)c1cccc2[nH]ccc12. The monoisotopic (exact) mass is 355 g/mol. The Hall–Kier alpha value is -2.79. The van der Waals surface area contributed by atoms with Crippen LogP contribution in [0, 0.1) is 6.92 Å². The number of benzene rings is 2. The van der Waals surface area contributed by atoms with E-state index in [2.05, 4.69) is 15.6 Å². The van der Waals surface area contributed by atoms with Crippen molar-refractivity contribution < 1.29 is 9.59 Å². The molecule has 1 aromatic heterocycles. The number of anilines is 1. The first-order chi connectivity index (χ1) is 12.0. The van der Waals surface area contributed by atoms with E-state index in [1.54, 1.807) is 37.4 Å². The standard InChI is InChI=1S/C19H18ClN3O2/c1-11-6-7-13(20)10-17(11)23-18(24)12(2)22-19(25)15-4-3-5-16-14(15)8-9-21-16/h3-10,12,21H,1-2H3,(H,22,25)(H,23,24). The van der Waals surface area contributed by atoms with E-state index in [9.17, 15) is 9.59 Å². The maximum absolute atomic E-state index is 12.5. The Labute approximate surface area is 150 Å². The van der Waals surface area contributed by atoms with Crippen LogP contribution in [0.3, 0.4) is 0 Å². The molecule has 1 heterocycles. The first-order valence-electron chi connectivity index (χ1n) is 7.89. The fourth-order valence-electron chi connectivity index (χ4n) is 2.59. The summed E-state index contributed by atoms with van der Waals surface area (Å²) in [5.41, 5.74) is 2.93. The largest absolute Gasteiger partial charge is 0.361 e. The summed E-state index contributed by atoms with van der Waals surface area (Å²) in [5, 5.41) is 6.89. The highest BCUT2D eigenvalue weighted by Crippen LogP contribution is 2.20. The molecule has 0 radical (unpaired) electrons. The van der Waals surface area contributed by atoms with Gasteiger partial charge in [-0.25, -0.2) is 0 Å². The van der Waals surface area contributed by atoms with Gasteiger partial charge in [0.25, 0.3) is 5.91 Å². The summed E-state index contributed by atoms with van der Waals surface area (Å²) in [5.74, 6) is -0.601. The van der Waals surface area contributed by atoms with Crippen molar-refractivity contribution >= 4 is 40.0 Å². The Morgan fingerprint density at radius 3 is 2.76 bits per heavy atom. The number of hydrogen-bond donors (Lipinski definition) is 3. The van der Waals surface area contributed by atoms with Crippen molar-refractivity contribution in [3.05, 3.63) is 64.8 Å². The summed E-state index contributed by atoms with van der Waals surface area (Å²) in [6, 6.07) is 11.8. The Morgan fingerprint density at radius 2 is 1.96 bits per heavy atom. The molecule has 0 bridgehead atoms. The molecule has 2 aromatic carbocycles. The van der Waals surface area contributed by atoms with Gasteiger partial charge >= 0.3 is 0 Å². The molecule has 3 aromatic rings. The number of amides is 2. The van der Waals surface area contributed by atoms with Crippen LogP contribution in [-0.2, 0) is 4.79 Å². The quantitative estimate of drug-likeness (QED) is 0.664. The minimum atomic E-state index is -0.694. The summed E-state index contributed by atoms with van der Waals surface area (Å²) in [4.78, 5) is 28.0. The predicted molar refractivity (Wildman–Crippen MR) is 100 cm³/mol. The number of aromatic amines is 1. The normalized spacial score (nSPS) is 12.0. The Bertz CT molecular complexity index is 949. The van der Waals surface area contributed by atoms with Gasteiger partial charge in [-0.05, 0) is 49.7 Å². The number of nitrogens with one attached hydrogen (secondary N) is 3. The molecule has 0 saturated carbocycles. The zero-order chi connectivity index (χ0) is 18.0. The first-order valence-corrected chi connectivity index (χ1v) is 8.27. The number of H-pyrrole nitrogens is 1. The lowest BCUT2D eigenvalue weighted by atomic mass is 10.1. The fraction of sp³-hybridized carbons (Fsp3) is 0.158. The van der Waals surface area contributed by atoms with Crippen LogP contribution in [0.5, 0.6) is 0 Å². The van der Waals surface area contributed by atoms with Gasteiger partial charge in [-0.15, -0.1) is 0 Å². The van der Waals surface area contributed by atoms with E-state index in [1.807, 2.05) is 25.1 Å². The number of aryl methyl sites for hydroxylation is 1. The van der Waals surface area contributed by atoms with Crippen LogP contribution in [0.1, 0.15) is 22.8 Å². The van der Waals surface area contributed by atoms with Crippen molar-refractivity contribution in [3.8, 4) is 0 Å². The molecular weight excluding hydrogens is 338 g/mol. The van der Waals surface area contributed by atoms with Crippen molar-refractivity contribution in [2.75, 3.05) is 5.32 Å². The van der Waals surface area contributed by atoms with Crippen LogP contribution in [0.25, 0.3) is 10.9 Å². The summed E-state index contributed by atoms with van der Waals surface area (Å²) in [7, 11) is 0. The van der Waals surface area contributed by atoms with Gasteiger partial charge < -0.3 is 15.6 Å². The molecule has 128 valence electrons. The van der Waals surface area contributed by atoms with E-state index in [0.29, 0.717) is 16.3 Å². The van der Waals surface area contributed by atoms with Crippen LogP contribution in [-0.4, -0.2) is 22.8 Å². The average molecular weight is 356 g/mol. The molecule has 3 N–H and O–H groups in total. The Kier molecular flexibility index (Phi) is 4.76. The summed E-state index contributed by atoms with van der Waals surface area (Å²) in [6.45, 7) is 3.52. The maximum atomic E-state index is 12.5. The first kappa shape index (κ1) is 17.0. The lowest BCUT2D eigenvalue weighted by Crippen LogP contribution is -2.41. The van der Waals surface area contributed by atoms with Gasteiger partial charge in [-0.1, -0.05) is 23.7 Å². The summed E-state index contributed by atoms with van der Waals surface area (Å²) < 4.78 is 0. The highest BCUT2D eigenvalue weighted by Gasteiger charge is 2.19. The van der Waals surface area contributed by atoms with Gasteiger partial charge in [0.1, 0.15) is 6.04 Å². The second kappa shape index (κ2) is 6.99. The Morgan fingerprint density at radius 1 is 1.16 bits per heavy atom. The molecule has 0 aliphatic heterocycles. The maximum Gasteiger partial charge on any atom is 0.252 e. The van der Waals surface area contributed by atoms with Crippen LogP contribution in [0.4, 0.5) is 5.69 Å². The number of hydrogen-bond acceptors (Lipinski definition) is 2. The molecule has 0 spiro atoms. The third-order valence-corrected chi connectivity index (χ3v) is 4.27. The number of fused-ring (bicyclic) bond motifs is 1. The topological polar surface area (TPSA) is 74.0 Å². The third kappa shape index (κ3) is 3.67. The van der Waals surface area contributed by atoms with Gasteiger partial charge in [-0.3, -0.25) is 9.59 Å². The second-order valence-corrected chi connectivity index (χ2v) is 6.32. The highest BCUT2D eigenvalue weighted by atomic mass is 35.5. The number of rotatable bonds is 4. The van der Waals surface area contributed by atoms with E-state index in [1.165, 1.54) is 0 Å². The van der Waals surface area contributed by atoms with E-state index in [-0.39, 0.29) is 11.8 Å². The van der Waals surface area contributed by atoms with Gasteiger partial charge in [0.15, 0.2) is 0 Å². The molecular formula is C19H18ClN3O2. The van der Waals surface area contributed by atoms with E-state index in [0.717, 1.165) is 16.5 Å². The lowest BCUT2D eigenvalue weighted by molar-refractivity contribution is -0.117. The van der Waals surface area contributed by atoms with Crippen LogP contribution in [0.2, 0.25) is 5.02 Å². The molecule has 0 saturated heterocycles. The molecule has 0 fully saturated rings. The average Bonchev–Trinajstić information content (AvgIpc) is 3.06. The number of aromatic nitrogens is 1. The smallest absolute Gasteiger partial charge is 0.252 e. The van der Waals surface area contributed by atoms with E-state index < -0.39 is 6.04 Å². The van der Waals surface area contributed by atoms with E-state index in [4.69, 9.17) is 11.6 Å². The highest BCUT2D eigenvalue weighted by molar-refractivity contribution is 6.31. The zero-order valence-corrected chi connectivity index (χ0v) is 14.6. The Balaban J connectivity index is 1.72. The molecule has 25 heavy (non-hydrogen) atoms. The van der Waals surface area contributed by atoms with Crippen molar-refractivity contribution in [3.63, 3.8) is 0 Å². The van der Waals surface area contributed by atoms with Crippen LogP contribution in [0.15, 0.2) is 48.7 Å². The van der Waals surface area contributed by atoms with Gasteiger partial charge in [0, 0.05) is 33.4 Å². The summed E-state index contributed by atoms with van der Waals surface area (Å²) in [6.07, 6.45) is 1.78. The predicted octanol–water partition coefficient (Wildman–Crippen LogP) is 3.89. The molecule has 1 unspecified atom stereocenters. The molecule has 2 amide bonds. The minimum Gasteiger partial charge on any atom is -0.361 e. The third-order valence-electron chi connectivity index (χ3n) is 4.04. The molecule has 0 aliphatic rings. The van der Waals surface area contributed by atoms with E-state index >= 15 is 0 Å². The second-order valence-electron chi connectivity index (χ2n) is 5.89. The van der Waals surface area contributed by atoms with Crippen molar-refractivity contribution in [1.82, 2.24) is 10.3 Å². The zero-order valence-electron chi connectivity index (χ0n) is 13.9. The number of halogens is 1. The van der Waals surface area contributed by atoms with Crippen molar-refractivity contribution in [2.45, 2.75) is 19.9 Å². The molecule has 6 heteroatoms. The van der Waals surface area contributed by atoms with Crippen LogP contribution >= 0.6 is 11.6 Å². The van der Waals surface area contributed by atoms with Gasteiger partial charge in [0.05, 0.1) is 0 Å². The van der Waals surface area contributed by atoms with Gasteiger partial charge in [0.2, 0.25) is 5.91 Å². The fourth-order valence-corrected chi connectivity index (χ4v) is 2.77. The minimum absolute atomic E-state index is 0.296. The molecule has 5 nitrogen and oxygen atoms in total. The molecule has 1 atom stereocenters. The van der Waals surface area contributed by atoms with Crippen LogP contribution < -0.4 is 10.6 Å². The van der Waals surface area contributed by atoms with Gasteiger partial charge in [-0.2, -0.15) is 0 Å². The number of carbonyl (C=O) groups excluding carboxylic acids is 2. The molecule has 3 rings (SSSR count). The molecule has 0 aliphatic carbocycles.